The number of halogens is 1. The molecule has 0 bridgehead atoms. The van der Waals surface area contributed by atoms with E-state index in [-0.39, 0.29) is 11.1 Å². The Kier molecular flexibility index (Phi) is 16.1. The fourth-order valence-corrected chi connectivity index (χ4v) is 3.48. The molecule has 0 radical (unpaired) electrons. The molecule has 0 saturated carbocycles. The Hall–Kier alpha value is -1.55. The van der Waals surface area contributed by atoms with Crippen LogP contribution < -0.4 is 0 Å². The lowest BCUT2D eigenvalue weighted by Crippen LogP contribution is -2.15. The van der Waals surface area contributed by atoms with Crippen LogP contribution in [0.15, 0.2) is 24.3 Å². The summed E-state index contributed by atoms with van der Waals surface area (Å²) < 4.78 is 10.7. The molecule has 0 aliphatic heterocycles. The van der Waals surface area contributed by atoms with Crippen molar-refractivity contribution < 1.29 is 19.1 Å². The van der Waals surface area contributed by atoms with Crippen LogP contribution in [0.5, 0.6) is 0 Å². The first-order valence-electron chi connectivity index (χ1n) is 11.7. The number of hydrogen-bond acceptors (Lipinski definition) is 4. The average Bonchev–Trinajstić information content (AvgIpc) is 2.77. The highest BCUT2D eigenvalue weighted by atomic mass is 35.5. The second-order valence-corrected chi connectivity index (χ2v) is 8.13. The molecule has 0 atom stereocenters. The maximum Gasteiger partial charge on any atom is 0.339 e. The molecule has 0 amide bonds. The Morgan fingerprint density at radius 2 is 1.07 bits per heavy atom. The maximum atomic E-state index is 12.4. The fraction of sp³-hybridized carbons (Fsp3) is 0.680. The highest BCUT2D eigenvalue weighted by molar-refractivity contribution is 6.17. The minimum absolute atomic E-state index is 0.282. The van der Waals surface area contributed by atoms with Gasteiger partial charge in [0.15, 0.2) is 0 Å². The first-order chi connectivity index (χ1) is 14.7. The van der Waals surface area contributed by atoms with Gasteiger partial charge >= 0.3 is 11.9 Å². The zero-order valence-corrected chi connectivity index (χ0v) is 19.4. The molecule has 0 heterocycles. The van der Waals surface area contributed by atoms with Crippen LogP contribution in [0.2, 0.25) is 0 Å². The smallest absolute Gasteiger partial charge is 0.339 e. The molecule has 0 aromatic heterocycles. The first kappa shape index (κ1) is 26.5. The van der Waals surface area contributed by atoms with Crippen molar-refractivity contribution in [3.8, 4) is 0 Å². The number of alkyl halides is 1. The highest BCUT2D eigenvalue weighted by Crippen LogP contribution is 2.14. The van der Waals surface area contributed by atoms with E-state index in [1.165, 1.54) is 32.1 Å². The van der Waals surface area contributed by atoms with Crippen LogP contribution in [-0.4, -0.2) is 31.0 Å². The number of benzene rings is 1. The molecular weight excluding hydrogens is 400 g/mol. The molecule has 0 spiro atoms. The van der Waals surface area contributed by atoms with Gasteiger partial charge in [-0.25, -0.2) is 9.59 Å². The van der Waals surface area contributed by atoms with Crippen molar-refractivity contribution in [2.45, 2.75) is 90.4 Å². The first-order valence-corrected chi connectivity index (χ1v) is 12.2. The predicted octanol–water partition coefficient (Wildman–Crippen LogP) is 7.33. The van der Waals surface area contributed by atoms with E-state index in [1.54, 1.807) is 24.3 Å². The highest BCUT2D eigenvalue weighted by Gasteiger charge is 2.18. The second kappa shape index (κ2) is 18.2. The molecule has 4 nitrogen and oxygen atoms in total. The van der Waals surface area contributed by atoms with Crippen molar-refractivity contribution in [2.24, 2.45) is 0 Å². The zero-order valence-electron chi connectivity index (χ0n) is 18.6. The van der Waals surface area contributed by atoms with Crippen molar-refractivity contribution in [3.63, 3.8) is 0 Å². The van der Waals surface area contributed by atoms with E-state index in [0.717, 1.165) is 57.2 Å². The molecule has 0 aliphatic rings. The van der Waals surface area contributed by atoms with Crippen LogP contribution >= 0.6 is 11.6 Å². The van der Waals surface area contributed by atoms with E-state index in [0.29, 0.717) is 13.2 Å². The van der Waals surface area contributed by atoms with Gasteiger partial charge in [-0.15, -0.1) is 11.6 Å². The summed E-state index contributed by atoms with van der Waals surface area (Å²) in [7, 11) is 0. The fourth-order valence-electron chi connectivity index (χ4n) is 3.29. The number of carbonyl (C=O) groups excluding carboxylic acids is 2. The van der Waals surface area contributed by atoms with E-state index >= 15 is 0 Å². The maximum absolute atomic E-state index is 12.4. The number of rotatable bonds is 18. The summed E-state index contributed by atoms with van der Waals surface area (Å²) in [6.45, 7) is 2.97. The van der Waals surface area contributed by atoms with Crippen molar-refractivity contribution in [1.82, 2.24) is 0 Å². The standard InChI is InChI=1S/C25H39ClO4/c1-2-3-4-5-7-10-15-20-29-24(27)22-17-12-13-18-23(22)25(28)30-21-16-11-8-6-9-14-19-26/h12-13,17-18H,2-11,14-16,19-21H2,1H3. The van der Waals surface area contributed by atoms with Crippen molar-refractivity contribution in [3.05, 3.63) is 35.4 Å². The minimum Gasteiger partial charge on any atom is -0.462 e. The molecule has 5 heteroatoms. The van der Waals surface area contributed by atoms with Crippen molar-refractivity contribution in [2.75, 3.05) is 19.1 Å². The monoisotopic (exact) mass is 438 g/mol. The van der Waals surface area contributed by atoms with Gasteiger partial charge in [-0.05, 0) is 31.4 Å². The summed E-state index contributed by atoms with van der Waals surface area (Å²) in [5, 5.41) is 0. The van der Waals surface area contributed by atoms with E-state index in [1.807, 2.05) is 0 Å². The second-order valence-electron chi connectivity index (χ2n) is 7.75. The Balaban J connectivity index is 2.29. The van der Waals surface area contributed by atoms with Gasteiger partial charge < -0.3 is 9.47 Å². The molecular formula is C25H39ClO4. The van der Waals surface area contributed by atoms with Gasteiger partial charge in [0.1, 0.15) is 0 Å². The van der Waals surface area contributed by atoms with Crippen LogP contribution in [0, 0.1) is 0 Å². The normalized spacial score (nSPS) is 10.7. The molecule has 1 aromatic carbocycles. The van der Waals surface area contributed by atoms with Crippen LogP contribution in [0.3, 0.4) is 0 Å². The Morgan fingerprint density at radius 1 is 0.667 bits per heavy atom. The van der Waals surface area contributed by atoms with Crippen LogP contribution in [-0.2, 0) is 9.47 Å². The van der Waals surface area contributed by atoms with E-state index in [9.17, 15) is 9.59 Å². The van der Waals surface area contributed by atoms with E-state index in [2.05, 4.69) is 6.92 Å². The number of hydrogen-bond donors (Lipinski definition) is 0. The third-order valence-electron chi connectivity index (χ3n) is 5.11. The van der Waals surface area contributed by atoms with Crippen molar-refractivity contribution in [1.29, 1.82) is 0 Å². The van der Waals surface area contributed by atoms with Crippen molar-refractivity contribution >= 4 is 23.5 Å². The summed E-state index contributed by atoms with van der Waals surface area (Å²) in [6, 6.07) is 6.72. The lowest BCUT2D eigenvalue weighted by molar-refractivity contribution is 0.0450. The molecule has 30 heavy (non-hydrogen) atoms. The number of carbonyl (C=O) groups is 2. The summed E-state index contributed by atoms with van der Waals surface area (Å²) in [6.07, 6.45) is 14.5. The van der Waals surface area contributed by atoms with Gasteiger partial charge in [0.25, 0.3) is 0 Å². The summed E-state index contributed by atoms with van der Waals surface area (Å²) in [5.74, 6) is -0.188. The molecule has 0 fully saturated rings. The van der Waals surface area contributed by atoms with E-state index < -0.39 is 11.9 Å². The SMILES string of the molecule is CCCCCCCCCOC(=O)c1ccccc1C(=O)OCCCCCCCCCl. The molecule has 170 valence electrons. The number of esters is 2. The third-order valence-corrected chi connectivity index (χ3v) is 5.38. The molecule has 0 aliphatic carbocycles. The van der Waals surface area contributed by atoms with Crippen LogP contribution in [0.4, 0.5) is 0 Å². The van der Waals surface area contributed by atoms with Crippen LogP contribution in [0.1, 0.15) is 111 Å². The molecule has 0 saturated heterocycles. The quantitative estimate of drug-likeness (QED) is 0.137. The Labute approximate surface area is 187 Å². The summed E-state index contributed by atoms with van der Waals surface area (Å²) in [5.41, 5.74) is 0.565. The van der Waals surface area contributed by atoms with E-state index in [4.69, 9.17) is 21.1 Å². The van der Waals surface area contributed by atoms with Gasteiger partial charge in [-0.2, -0.15) is 0 Å². The number of unbranched alkanes of at least 4 members (excludes halogenated alkanes) is 11. The Morgan fingerprint density at radius 3 is 1.50 bits per heavy atom. The van der Waals surface area contributed by atoms with Gasteiger partial charge in [-0.3, -0.25) is 0 Å². The summed E-state index contributed by atoms with van der Waals surface area (Å²) >= 11 is 5.66. The zero-order chi connectivity index (χ0) is 21.9. The minimum atomic E-state index is -0.458. The Bertz CT molecular complexity index is 537. The average molecular weight is 439 g/mol. The lowest BCUT2D eigenvalue weighted by Gasteiger charge is -2.10. The molecule has 0 N–H and O–H groups in total. The third kappa shape index (κ3) is 12.2. The molecule has 1 rings (SSSR count). The topological polar surface area (TPSA) is 52.6 Å². The van der Waals surface area contributed by atoms with Gasteiger partial charge in [0.05, 0.1) is 24.3 Å². The molecule has 1 aromatic rings. The van der Waals surface area contributed by atoms with Crippen LogP contribution in [0.25, 0.3) is 0 Å². The molecule has 0 unspecified atom stereocenters. The largest absolute Gasteiger partial charge is 0.462 e. The lowest BCUT2D eigenvalue weighted by atomic mass is 10.1. The van der Waals surface area contributed by atoms with Gasteiger partial charge in [0.2, 0.25) is 0 Å². The van der Waals surface area contributed by atoms with Gasteiger partial charge in [0, 0.05) is 5.88 Å². The summed E-state index contributed by atoms with van der Waals surface area (Å²) in [4.78, 5) is 24.8. The van der Waals surface area contributed by atoms with Gasteiger partial charge in [-0.1, -0.05) is 83.3 Å². The number of ether oxygens (including phenoxy) is 2. The predicted molar refractivity (Wildman–Crippen MR) is 123 cm³/mol.